The van der Waals surface area contributed by atoms with Gasteiger partial charge in [0.05, 0.1) is 10.6 Å². The molecule has 1 aliphatic rings. The first-order valence-corrected chi connectivity index (χ1v) is 8.81. The molecular formula is C18H22ClN3O3. The highest BCUT2D eigenvalue weighted by Gasteiger charge is 2.29. The van der Waals surface area contributed by atoms with Crippen LogP contribution in [-0.4, -0.2) is 34.3 Å². The van der Waals surface area contributed by atoms with Crippen molar-refractivity contribution in [2.45, 2.75) is 51.2 Å². The van der Waals surface area contributed by atoms with Crippen LogP contribution in [-0.2, 0) is 16.0 Å². The molecule has 1 fully saturated rings. The normalized spacial score (nSPS) is 19.6. The third-order valence-corrected chi connectivity index (χ3v) is 4.54. The van der Waals surface area contributed by atoms with Crippen LogP contribution in [0.4, 0.5) is 0 Å². The topological polar surface area (TPSA) is 77.3 Å². The van der Waals surface area contributed by atoms with Crippen molar-refractivity contribution in [3.8, 4) is 11.4 Å². The number of rotatable bonds is 5. The molecule has 1 atom stereocenters. The average molecular weight is 364 g/mol. The second-order valence-corrected chi connectivity index (χ2v) is 7.26. The van der Waals surface area contributed by atoms with Crippen LogP contribution in [0, 0.1) is 0 Å². The van der Waals surface area contributed by atoms with E-state index in [1.54, 1.807) is 6.07 Å². The van der Waals surface area contributed by atoms with E-state index in [1.807, 2.05) is 32.0 Å². The first-order valence-electron chi connectivity index (χ1n) is 8.44. The van der Waals surface area contributed by atoms with Gasteiger partial charge in [-0.3, -0.25) is 4.79 Å². The van der Waals surface area contributed by atoms with Crippen molar-refractivity contribution < 1.29 is 14.1 Å². The second kappa shape index (κ2) is 7.54. The predicted molar refractivity (Wildman–Crippen MR) is 94.3 cm³/mol. The molecule has 2 aromatic rings. The molecule has 1 aromatic heterocycles. The van der Waals surface area contributed by atoms with E-state index in [0.29, 0.717) is 41.7 Å². The quantitative estimate of drug-likeness (QED) is 0.880. The lowest BCUT2D eigenvalue weighted by atomic mass is 9.94. The molecule has 134 valence electrons. The Morgan fingerprint density at radius 2 is 2.20 bits per heavy atom. The third-order valence-electron chi connectivity index (χ3n) is 4.21. The fourth-order valence-corrected chi connectivity index (χ4v) is 3.20. The summed E-state index contributed by atoms with van der Waals surface area (Å²) in [7, 11) is 0. The number of aromatic nitrogens is 2. The summed E-state index contributed by atoms with van der Waals surface area (Å²) >= 11 is 6.13. The number of ether oxygens (including phenoxy) is 1. The zero-order valence-corrected chi connectivity index (χ0v) is 15.2. The van der Waals surface area contributed by atoms with E-state index in [0.717, 1.165) is 12.8 Å². The Hall–Kier alpha value is -1.92. The van der Waals surface area contributed by atoms with E-state index >= 15 is 0 Å². The van der Waals surface area contributed by atoms with E-state index in [-0.39, 0.29) is 17.6 Å². The number of hydrogen-bond donors (Lipinski definition) is 1. The van der Waals surface area contributed by atoms with Gasteiger partial charge in [-0.15, -0.1) is 0 Å². The predicted octanol–water partition coefficient (Wildman–Crippen LogP) is 3.40. The van der Waals surface area contributed by atoms with Crippen LogP contribution in [0.1, 0.15) is 39.0 Å². The number of nitrogens with zero attached hydrogens (tertiary/aromatic N) is 2. The maximum Gasteiger partial charge on any atom is 0.227 e. The highest BCUT2D eigenvalue weighted by Crippen LogP contribution is 2.25. The lowest BCUT2D eigenvalue weighted by Gasteiger charge is -2.35. The zero-order valence-electron chi connectivity index (χ0n) is 14.4. The maximum atomic E-state index is 12.2. The summed E-state index contributed by atoms with van der Waals surface area (Å²) in [6.07, 6.45) is 2.36. The summed E-state index contributed by atoms with van der Waals surface area (Å²) in [6.45, 7) is 4.75. The Bertz CT molecular complexity index is 745. The first-order chi connectivity index (χ1) is 11.9. The lowest BCUT2D eigenvalue weighted by Crippen LogP contribution is -2.45. The van der Waals surface area contributed by atoms with Crippen LogP contribution in [0.3, 0.4) is 0 Å². The molecule has 25 heavy (non-hydrogen) atoms. The molecule has 1 amide bonds. The van der Waals surface area contributed by atoms with E-state index < -0.39 is 0 Å². The molecule has 1 aliphatic heterocycles. The Kier molecular flexibility index (Phi) is 5.39. The minimum atomic E-state index is -0.188. The molecule has 0 aliphatic carbocycles. The van der Waals surface area contributed by atoms with Crippen LogP contribution in [0.25, 0.3) is 11.4 Å². The molecule has 2 heterocycles. The first kappa shape index (κ1) is 17.9. The van der Waals surface area contributed by atoms with Crippen LogP contribution in [0.5, 0.6) is 0 Å². The second-order valence-electron chi connectivity index (χ2n) is 6.86. The number of carbonyl (C=O) groups is 1. The Labute approximate surface area is 151 Å². The summed E-state index contributed by atoms with van der Waals surface area (Å²) < 4.78 is 10.9. The SMILES string of the molecule is CC1(C)C[C@@H](NC(=O)CCc2nc(-c3ccccc3Cl)no2)CCO1. The van der Waals surface area contributed by atoms with Crippen molar-refractivity contribution in [1.82, 2.24) is 15.5 Å². The average Bonchev–Trinajstić information content (AvgIpc) is 3.01. The number of carbonyl (C=O) groups excluding carboxylic acids is 1. The van der Waals surface area contributed by atoms with Gasteiger partial charge in [0.25, 0.3) is 0 Å². The van der Waals surface area contributed by atoms with Gasteiger partial charge in [0, 0.05) is 31.1 Å². The minimum Gasteiger partial charge on any atom is -0.375 e. The Balaban J connectivity index is 1.52. The molecule has 6 nitrogen and oxygen atoms in total. The van der Waals surface area contributed by atoms with Crippen molar-refractivity contribution in [2.75, 3.05) is 6.61 Å². The monoisotopic (exact) mass is 363 g/mol. The summed E-state index contributed by atoms with van der Waals surface area (Å²) in [5, 5.41) is 7.57. The summed E-state index contributed by atoms with van der Waals surface area (Å²) in [4.78, 5) is 16.5. The van der Waals surface area contributed by atoms with E-state index in [4.69, 9.17) is 20.9 Å². The van der Waals surface area contributed by atoms with Crippen LogP contribution < -0.4 is 5.32 Å². The summed E-state index contributed by atoms with van der Waals surface area (Å²) in [5.74, 6) is 0.852. The molecular weight excluding hydrogens is 342 g/mol. The summed E-state index contributed by atoms with van der Waals surface area (Å²) in [5.41, 5.74) is 0.528. The Morgan fingerprint density at radius 1 is 1.40 bits per heavy atom. The standard InChI is InChI=1S/C18H22ClN3O3/c1-18(2)11-12(9-10-24-18)20-15(23)7-8-16-21-17(22-25-16)13-5-3-4-6-14(13)19/h3-6,12H,7-11H2,1-2H3,(H,20,23)/t12-/m0/s1. The fraction of sp³-hybridized carbons (Fsp3) is 0.500. The van der Waals surface area contributed by atoms with Gasteiger partial charge in [0.1, 0.15) is 0 Å². The van der Waals surface area contributed by atoms with Gasteiger partial charge in [0.15, 0.2) is 0 Å². The number of benzene rings is 1. The third kappa shape index (κ3) is 4.80. The molecule has 3 rings (SSSR count). The lowest BCUT2D eigenvalue weighted by molar-refractivity contribution is -0.124. The van der Waals surface area contributed by atoms with E-state index in [1.165, 1.54) is 0 Å². The molecule has 0 saturated carbocycles. The number of hydrogen-bond acceptors (Lipinski definition) is 5. The van der Waals surface area contributed by atoms with Crippen molar-refractivity contribution in [3.63, 3.8) is 0 Å². The number of halogens is 1. The van der Waals surface area contributed by atoms with Gasteiger partial charge in [-0.1, -0.05) is 28.9 Å². The maximum absolute atomic E-state index is 12.2. The smallest absolute Gasteiger partial charge is 0.227 e. The number of amides is 1. The number of aryl methyl sites for hydroxylation is 1. The molecule has 7 heteroatoms. The van der Waals surface area contributed by atoms with Crippen molar-refractivity contribution in [3.05, 3.63) is 35.2 Å². The molecule has 0 radical (unpaired) electrons. The molecule has 0 spiro atoms. The van der Waals surface area contributed by atoms with Crippen LogP contribution in [0.15, 0.2) is 28.8 Å². The van der Waals surface area contributed by atoms with Crippen molar-refractivity contribution in [2.24, 2.45) is 0 Å². The van der Waals surface area contributed by atoms with Gasteiger partial charge < -0.3 is 14.6 Å². The van der Waals surface area contributed by atoms with Crippen molar-refractivity contribution >= 4 is 17.5 Å². The molecule has 0 unspecified atom stereocenters. The van der Waals surface area contributed by atoms with Gasteiger partial charge in [0.2, 0.25) is 17.6 Å². The van der Waals surface area contributed by atoms with Crippen LogP contribution in [0.2, 0.25) is 5.02 Å². The van der Waals surface area contributed by atoms with E-state index in [2.05, 4.69) is 15.5 Å². The number of nitrogens with one attached hydrogen (secondary N) is 1. The molecule has 1 N–H and O–H groups in total. The highest BCUT2D eigenvalue weighted by molar-refractivity contribution is 6.33. The van der Waals surface area contributed by atoms with Crippen LogP contribution >= 0.6 is 11.6 Å². The largest absolute Gasteiger partial charge is 0.375 e. The molecule has 1 aromatic carbocycles. The summed E-state index contributed by atoms with van der Waals surface area (Å²) in [6, 6.07) is 7.46. The highest BCUT2D eigenvalue weighted by atomic mass is 35.5. The van der Waals surface area contributed by atoms with Gasteiger partial charge >= 0.3 is 0 Å². The molecule has 1 saturated heterocycles. The zero-order chi connectivity index (χ0) is 17.9. The molecule has 0 bridgehead atoms. The van der Waals surface area contributed by atoms with Crippen molar-refractivity contribution in [1.29, 1.82) is 0 Å². The van der Waals surface area contributed by atoms with Gasteiger partial charge in [-0.2, -0.15) is 4.98 Å². The van der Waals surface area contributed by atoms with Gasteiger partial charge in [-0.25, -0.2) is 0 Å². The minimum absolute atomic E-state index is 0.0137. The fourth-order valence-electron chi connectivity index (χ4n) is 2.98. The Morgan fingerprint density at radius 3 is 2.96 bits per heavy atom. The van der Waals surface area contributed by atoms with Gasteiger partial charge in [-0.05, 0) is 38.8 Å². The van der Waals surface area contributed by atoms with E-state index in [9.17, 15) is 4.79 Å².